The first-order valence-electron chi connectivity index (χ1n) is 8.19. The molecule has 1 N–H and O–H groups in total. The van der Waals surface area contributed by atoms with Crippen LogP contribution in [0, 0.1) is 0 Å². The highest BCUT2D eigenvalue weighted by atomic mass is 79.9. The molecule has 2 aromatic carbocycles. The van der Waals surface area contributed by atoms with Crippen LogP contribution < -0.4 is 14.8 Å². The number of nitrogens with zero attached hydrogens (tertiary/aromatic N) is 1. The van der Waals surface area contributed by atoms with Gasteiger partial charge < -0.3 is 19.3 Å². The molecule has 0 fully saturated rings. The Hall–Kier alpha value is -2.51. The van der Waals surface area contributed by atoms with E-state index in [2.05, 4.69) is 26.4 Å². The molecule has 0 saturated carbocycles. The lowest BCUT2D eigenvalue weighted by molar-refractivity contribution is 0.0950. The molecular weight excluding hydrogens is 436 g/mol. The first-order valence-corrected chi connectivity index (χ1v) is 9.36. The molecule has 1 aliphatic heterocycles. The summed E-state index contributed by atoms with van der Waals surface area (Å²) >= 11 is 9.41. The van der Waals surface area contributed by atoms with E-state index in [0.29, 0.717) is 46.8 Å². The quantitative estimate of drug-likeness (QED) is 0.637. The third-order valence-corrected chi connectivity index (χ3v) is 4.81. The van der Waals surface area contributed by atoms with E-state index in [9.17, 15) is 4.79 Å². The summed E-state index contributed by atoms with van der Waals surface area (Å²) in [6.45, 7) is 1.28. The average Bonchev–Trinajstić information content (AvgIpc) is 3.16. The first-order chi connectivity index (χ1) is 13.1. The monoisotopic (exact) mass is 448 g/mol. The van der Waals surface area contributed by atoms with E-state index in [1.165, 1.54) is 0 Å². The highest BCUT2D eigenvalue weighted by Crippen LogP contribution is 2.34. The van der Waals surface area contributed by atoms with Gasteiger partial charge in [0, 0.05) is 16.1 Å². The molecule has 4 rings (SSSR count). The lowest BCUT2D eigenvalue weighted by atomic mass is 10.1. The van der Waals surface area contributed by atoms with Gasteiger partial charge in [0.15, 0.2) is 17.3 Å². The van der Waals surface area contributed by atoms with Gasteiger partial charge in [-0.15, -0.1) is 0 Å². The molecule has 0 unspecified atom stereocenters. The summed E-state index contributed by atoms with van der Waals surface area (Å²) in [6.07, 6.45) is 0. The van der Waals surface area contributed by atoms with Crippen molar-refractivity contribution in [2.75, 3.05) is 13.2 Å². The van der Waals surface area contributed by atoms with Crippen molar-refractivity contribution in [3.8, 4) is 22.8 Å². The molecule has 6 nitrogen and oxygen atoms in total. The topological polar surface area (TPSA) is 73.6 Å². The summed E-state index contributed by atoms with van der Waals surface area (Å²) in [5.41, 5.74) is 1.81. The van der Waals surface area contributed by atoms with E-state index >= 15 is 0 Å². The highest BCUT2D eigenvalue weighted by molar-refractivity contribution is 9.10. The van der Waals surface area contributed by atoms with Crippen LogP contribution in [0.3, 0.4) is 0 Å². The van der Waals surface area contributed by atoms with Gasteiger partial charge in [-0.2, -0.15) is 0 Å². The number of hydrogen-bond donors (Lipinski definition) is 1. The Morgan fingerprint density at radius 1 is 1.11 bits per heavy atom. The smallest absolute Gasteiger partial charge is 0.253 e. The number of fused-ring (bicyclic) bond motifs is 1. The predicted molar refractivity (Wildman–Crippen MR) is 103 cm³/mol. The molecule has 8 heteroatoms. The second kappa shape index (κ2) is 7.62. The van der Waals surface area contributed by atoms with Crippen molar-refractivity contribution < 1.29 is 18.8 Å². The summed E-state index contributed by atoms with van der Waals surface area (Å²) in [5, 5.41) is 7.18. The summed E-state index contributed by atoms with van der Waals surface area (Å²) in [5.74, 6) is 1.68. The van der Waals surface area contributed by atoms with Crippen LogP contribution in [0.15, 0.2) is 51.5 Å². The van der Waals surface area contributed by atoms with Crippen molar-refractivity contribution in [1.82, 2.24) is 10.5 Å². The maximum Gasteiger partial charge on any atom is 0.253 e. The summed E-state index contributed by atoms with van der Waals surface area (Å²) in [4.78, 5) is 12.3. The lowest BCUT2D eigenvalue weighted by Gasteiger charge is -2.18. The molecule has 0 bridgehead atoms. The molecule has 138 valence electrons. The standard InChI is InChI=1S/C19H14BrClN2O4/c20-12-2-3-15(21)14(8-12)19(24)22-10-13-9-17(27-23-13)11-1-4-16-18(7-11)26-6-5-25-16/h1-4,7-9H,5-6,10H2,(H,22,24). The number of nitrogens with one attached hydrogen (secondary N) is 1. The predicted octanol–water partition coefficient (Wildman–Crippen LogP) is 4.46. The normalized spacial score (nSPS) is 12.7. The zero-order valence-corrected chi connectivity index (χ0v) is 16.3. The third kappa shape index (κ3) is 3.94. The second-order valence-corrected chi connectivity index (χ2v) is 7.17. The summed E-state index contributed by atoms with van der Waals surface area (Å²) < 4.78 is 17.3. The number of rotatable bonds is 4. The van der Waals surface area contributed by atoms with Crippen molar-refractivity contribution in [2.45, 2.75) is 6.54 Å². The number of carbonyl (C=O) groups is 1. The average molecular weight is 450 g/mol. The minimum absolute atomic E-state index is 0.218. The fraction of sp³-hybridized carbons (Fsp3) is 0.158. The molecule has 0 saturated heterocycles. The minimum Gasteiger partial charge on any atom is -0.486 e. The summed E-state index contributed by atoms with van der Waals surface area (Å²) in [7, 11) is 0. The van der Waals surface area contributed by atoms with Gasteiger partial charge in [0.1, 0.15) is 18.9 Å². The Morgan fingerprint density at radius 2 is 1.93 bits per heavy atom. The van der Waals surface area contributed by atoms with Crippen molar-refractivity contribution in [3.63, 3.8) is 0 Å². The van der Waals surface area contributed by atoms with Crippen LogP contribution in [-0.4, -0.2) is 24.3 Å². The van der Waals surface area contributed by atoms with Crippen LogP contribution in [0.5, 0.6) is 11.5 Å². The van der Waals surface area contributed by atoms with E-state index in [4.69, 9.17) is 25.6 Å². The minimum atomic E-state index is -0.287. The van der Waals surface area contributed by atoms with E-state index in [0.717, 1.165) is 10.0 Å². The van der Waals surface area contributed by atoms with Crippen LogP contribution >= 0.6 is 27.5 Å². The largest absolute Gasteiger partial charge is 0.486 e. The molecule has 0 spiro atoms. The lowest BCUT2D eigenvalue weighted by Crippen LogP contribution is -2.23. The fourth-order valence-electron chi connectivity index (χ4n) is 2.67. The maximum atomic E-state index is 12.3. The third-order valence-electron chi connectivity index (χ3n) is 3.99. The second-order valence-electron chi connectivity index (χ2n) is 5.85. The molecule has 1 aromatic heterocycles. The fourth-order valence-corrected chi connectivity index (χ4v) is 3.23. The van der Waals surface area contributed by atoms with Crippen molar-refractivity contribution in [1.29, 1.82) is 0 Å². The zero-order valence-electron chi connectivity index (χ0n) is 14.0. The van der Waals surface area contributed by atoms with Crippen LogP contribution in [0.4, 0.5) is 0 Å². The molecule has 1 aliphatic rings. The Balaban J connectivity index is 1.45. The number of carbonyl (C=O) groups excluding carboxylic acids is 1. The van der Waals surface area contributed by atoms with Gasteiger partial charge >= 0.3 is 0 Å². The van der Waals surface area contributed by atoms with Gasteiger partial charge in [0.05, 0.1) is 17.1 Å². The van der Waals surface area contributed by atoms with Gasteiger partial charge in [0.25, 0.3) is 5.91 Å². The van der Waals surface area contributed by atoms with Gasteiger partial charge in [-0.25, -0.2) is 0 Å². The Morgan fingerprint density at radius 3 is 2.78 bits per heavy atom. The van der Waals surface area contributed by atoms with Gasteiger partial charge in [-0.1, -0.05) is 32.7 Å². The Bertz CT molecular complexity index is 1010. The van der Waals surface area contributed by atoms with Crippen LogP contribution in [0.25, 0.3) is 11.3 Å². The molecule has 1 amide bonds. The number of amides is 1. The Labute approximate surface area is 168 Å². The van der Waals surface area contributed by atoms with Gasteiger partial charge in [-0.05, 0) is 36.4 Å². The van der Waals surface area contributed by atoms with Crippen LogP contribution in [0.2, 0.25) is 5.02 Å². The van der Waals surface area contributed by atoms with Crippen molar-refractivity contribution >= 4 is 33.4 Å². The maximum absolute atomic E-state index is 12.3. The van der Waals surface area contributed by atoms with Crippen LogP contribution in [-0.2, 0) is 6.54 Å². The van der Waals surface area contributed by atoms with E-state index in [1.54, 1.807) is 24.3 Å². The first kappa shape index (κ1) is 17.9. The van der Waals surface area contributed by atoms with E-state index in [1.807, 2.05) is 18.2 Å². The molecule has 27 heavy (non-hydrogen) atoms. The number of halogens is 2. The summed E-state index contributed by atoms with van der Waals surface area (Å²) in [6, 6.07) is 12.4. The van der Waals surface area contributed by atoms with E-state index < -0.39 is 0 Å². The molecular formula is C19H14BrClN2O4. The van der Waals surface area contributed by atoms with Crippen LogP contribution in [0.1, 0.15) is 16.1 Å². The molecule has 0 aliphatic carbocycles. The van der Waals surface area contributed by atoms with Crippen molar-refractivity contribution in [2.24, 2.45) is 0 Å². The molecule has 0 atom stereocenters. The zero-order chi connectivity index (χ0) is 18.8. The Kier molecular flexibility index (Phi) is 5.05. The van der Waals surface area contributed by atoms with E-state index in [-0.39, 0.29) is 12.5 Å². The number of aromatic nitrogens is 1. The highest BCUT2D eigenvalue weighted by Gasteiger charge is 2.16. The number of ether oxygens (including phenoxy) is 2. The number of hydrogen-bond acceptors (Lipinski definition) is 5. The SMILES string of the molecule is O=C(NCc1cc(-c2ccc3c(c2)OCCO3)on1)c1cc(Br)ccc1Cl. The van der Waals surface area contributed by atoms with Crippen molar-refractivity contribution in [3.05, 3.63) is 63.2 Å². The molecule has 3 aromatic rings. The van der Waals surface area contributed by atoms with Gasteiger partial charge in [0.2, 0.25) is 0 Å². The number of benzene rings is 2. The van der Waals surface area contributed by atoms with Gasteiger partial charge in [-0.3, -0.25) is 4.79 Å². The molecule has 2 heterocycles. The molecule has 0 radical (unpaired) electrons.